The van der Waals surface area contributed by atoms with Gasteiger partial charge in [-0.05, 0) is 37.1 Å². The molecule has 18 heavy (non-hydrogen) atoms. The molecule has 98 valence electrons. The molecule has 0 radical (unpaired) electrons. The van der Waals surface area contributed by atoms with Gasteiger partial charge in [0.2, 0.25) is 0 Å². The van der Waals surface area contributed by atoms with Crippen molar-refractivity contribution in [2.75, 3.05) is 13.1 Å². The Morgan fingerprint density at radius 1 is 1.44 bits per heavy atom. The van der Waals surface area contributed by atoms with Crippen LogP contribution in [0.5, 0.6) is 0 Å². The van der Waals surface area contributed by atoms with E-state index in [1.165, 1.54) is 12.1 Å². The highest BCUT2D eigenvalue weighted by atomic mass is 19.1. The molecule has 1 aliphatic heterocycles. The predicted octanol–water partition coefficient (Wildman–Crippen LogP) is 0.638. The topological polar surface area (TPSA) is 66.6 Å². The van der Waals surface area contributed by atoms with E-state index in [0.29, 0.717) is 13.0 Å². The van der Waals surface area contributed by atoms with Gasteiger partial charge in [0.25, 0.3) is 5.91 Å². The number of nitrogens with zero attached hydrogens (tertiary/aromatic N) is 1. The summed E-state index contributed by atoms with van der Waals surface area (Å²) in [4.78, 5) is 13.2. The Hall–Kier alpha value is -1.46. The van der Waals surface area contributed by atoms with E-state index < -0.39 is 11.5 Å². The van der Waals surface area contributed by atoms with Crippen molar-refractivity contribution >= 4 is 5.91 Å². The Balaban J connectivity index is 2.02. The summed E-state index contributed by atoms with van der Waals surface area (Å²) in [6.45, 7) is 1.61. The zero-order valence-corrected chi connectivity index (χ0v) is 10.1. The van der Waals surface area contributed by atoms with Gasteiger partial charge in [0.1, 0.15) is 5.82 Å². The van der Waals surface area contributed by atoms with Crippen LogP contribution in [-0.2, 0) is 11.3 Å². The van der Waals surface area contributed by atoms with Crippen LogP contribution in [0.1, 0.15) is 18.4 Å². The molecule has 5 heteroatoms. The van der Waals surface area contributed by atoms with Crippen molar-refractivity contribution in [1.29, 1.82) is 0 Å². The summed E-state index contributed by atoms with van der Waals surface area (Å²) in [5, 5.41) is 10.1. The number of primary amides is 1. The van der Waals surface area contributed by atoms with Crippen molar-refractivity contribution in [3.63, 3.8) is 0 Å². The van der Waals surface area contributed by atoms with Gasteiger partial charge in [-0.3, -0.25) is 9.69 Å². The van der Waals surface area contributed by atoms with Gasteiger partial charge in [-0.1, -0.05) is 12.1 Å². The van der Waals surface area contributed by atoms with Gasteiger partial charge in [0, 0.05) is 13.1 Å². The van der Waals surface area contributed by atoms with Crippen LogP contribution in [0.15, 0.2) is 24.3 Å². The predicted molar refractivity (Wildman–Crippen MR) is 65.1 cm³/mol. The number of amides is 1. The number of carbonyl (C=O) groups excluding carboxylic acids is 1. The van der Waals surface area contributed by atoms with Gasteiger partial charge in [-0.25, -0.2) is 4.39 Å². The van der Waals surface area contributed by atoms with Gasteiger partial charge >= 0.3 is 0 Å². The lowest BCUT2D eigenvalue weighted by Gasteiger charge is -2.37. The number of nitrogens with two attached hydrogens (primary N) is 1. The first-order chi connectivity index (χ1) is 8.49. The van der Waals surface area contributed by atoms with E-state index in [0.717, 1.165) is 18.5 Å². The zero-order chi connectivity index (χ0) is 13.2. The number of halogens is 1. The number of hydrogen-bond acceptors (Lipinski definition) is 3. The third kappa shape index (κ3) is 2.86. The largest absolute Gasteiger partial charge is 0.379 e. The maximum atomic E-state index is 12.8. The average Bonchev–Trinajstić information content (AvgIpc) is 2.32. The lowest BCUT2D eigenvalue weighted by Crippen LogP contribution is -2.55. The van der Waals surface area contributed by atoms with Crippen molar-refractivity contribution in [1.82, 2.24) is 4.90 Å². The van der Waals surface area contributed by atoms with E-state index in [1.54, 1.807) is 12.1 Å². The van der Waals surface area contributed by atoms with E-state index in [4.69, 9.17) is 5.73 Å². The van der Waals surface area contributed by atoms with Gasteiger partial charge in [0.05, 0.1) is 0 Å². The first-order valence-electron chi connectivity index (χ1n) is 5.99. The van der Waals surface area contributed by atoms with Crippen LogP contribution in [0.2, 0.25) is 0 Å². The third-order valence-electron chi connectivity index (χ3n) is 3.33. The molecular weight excluding hydrogens is 235 g/mol. The fourth-order valence-electron chi connectivity index (χ4n) is 2.31. The second kappa shape index (κ2) is 5.04. The zero-order valence-electron chi connectivity index (χ0n) is 10.1. The average molecular weight is 252 g/mol. The Labute approximate surface area is 105 Å². The molecule has 1 aromatic rings. The van der Waals surface area contributed by atoms with Crippen LogP contribution in [0.3, 0.4) is 0 Å². The molecule has 1 amide bonds. The molecule has 1 heterocycles. The molecule has 2 rings (SSSR count). The SMILES string of the molecule is NC(=O)C1(O)CCCN(Cc2ccc(F)cc2)C1. The second-order valence-corrected chi connectivity index (χ2v) is 4.84. The van der Waals surface area contributed by atoms with E-state index in [-0.39, 0.29) is 12.4 Å². The van der Waals surface area contributed by atoms with Crippen molar-refractivity contribution in [3.05, 3.63) is 35.6 Å². The van der Waals surface area contributed by atoms with Crippen molar-refractivity contribution in [3.8, 4) is 0 Å². The summed E-state index contributed by atoms with van der Waals surface area (Å²) in [5.74, 6) is -0.947. The summed E-state index contributed by atoms with van der Waals surface area (Å²) in [6, 6.07) is 6.21. The molecule has 0 aromatic heterocycles. The number of likely N-dealkylation sites (tertiary alicyclic amines) is 1. The highest BCUT2D eigenvalue weighted by molar-refractivity contribution is 5.83. The first kappa shape index (κ1) is 13.0. The van der Waals surface area contributed by atoms with Gasteiger partial charge < -0.3 is 10.8 Å². The Morgan fingerprint density at radius 3 is 2.72 bits per heavy atom. The lowest BCUT2D eigenvalue weighted by atomic mass is 9.92. The molecule has 0 bridgehead atoms. The molecule has 4 nitrogen and oxygen atoms in total. The van der Waals surface area contributed by atoms with E-state index in [2.05, 4.69) is 0 Å². The number of carbonyl (C=O) groups is 1. The maximum absolute atomic E-state index is 12.8. The standard InChI is InChI=1S/C13H17FN2O2/c14-11-4-2-10(3-5-11)8-16-7-1-6-13(18,9-16)12(15)17/h2-5,18H,1,6-9H2,(H2,15,17). The molecule has 1 aromatic carbocycles. The number of β-amino-alcohol motifs (C(OH)–C–C–N with tert-alkyl or cyclic N) is 1. The summed E-state index contributed by atoms with van der Waals surface area (Å²) in [7, 11) is 0. The van der Waals surface area contributed by atoms with Gasteiger partial charge in [-0.15, -0.1) is 0 Å². The molecule has 1 atom stereocenters. The van der Waals surface area contributed by atoms with Crippen molar-refractivity contribution < 1.29 is 14.3 Å². The van der Waals surface area contributed by atoms with Crippen LogP contribution in [0.25, 0.3) is 0 Å². The molecular formula is C13H17FN2O2. The van der Waals surface area contributed by atoms with Crippen LogP contribution in [-0.4, -0.2) is 34.6 Å². The molecule has 1 saturated heterocycles. The van der Waals surface area contributed by atoms with E-state index in [9.17, 15) is 14.3 Å². The smallest absolute Gasteiger partial charge is 0.250 e. The number of rotatable bonds is 3. The summed E-state index contributed by atoms with van der Waals surface area (Å²) < 4.78 is 12.8. The summed E-state index contributed by atoms with van der Waals surface area (Å²) in [5.41, 5.74) is 4.73. The molecule has 1 unspecified atom stereocenters. The van der Waals surface area contributed by atoms with E-state index in [1.807, 2.05) is 4.90 Å². The van der Waals surface area contributed by atoms with Crippen LogP contribution in [0, 0.1) is 5.82 Å². The summed E-state index contributed by atoms with van der Waals surface area (Å²) in [6.07, 6.45) is 1.13. The quantitative estimate of drug-likeness (QED) is 0.829. The number of benzene rings is 1. The van der Waals surface area contributed by atoms with Crippen molar-refractivity contribution in [2.45, 2.75) is 25.0 Å². The fourth-order valence-corrected chi connectivity index (χ4v) is 2.31. The second-order valence-electron chi connectivity index (χ2n) is 4.84. The molecule has 0 spiro atoms. The molecule has 0 saturated carbocycles. The minimum absolute atomic E-state index is 0.236. The minimum atomic E-state index is -1.43. The molecule has 3 N–H and O–H groups in total. The monoisotopic (exact) mass is 252 g/mol. The lowest BCUT2D eigenvalue weighted by molar-refractivity contribution is -0.142. The highest BCUT2D eigenvalue weighted by Gasteiger charge is 2.38. The number of piperidine rings is 1. The van der Waals surface area contributed by atoms with Crippen LogP contribution < -0.4 is 5.73 Å². The normalized spacial score (nSPS) is 25.0. The van der Waals surface area contributed by atoms with E-state index >= 15 is 0 Å². The third-order valence-corrected chi connectivity index (χ3v) is 3.33. The fraction of sp³-hybridized carbons (Fsp3) is 0.462. The van der Waals surface area contributed by atoms with Crippen molar-refractivity contribution in [2.24, 2.45) is 5.73 Å². The molecule has 0 aliphatic carbocycles. The minimum Gasteiger partial charge on any atom is -0.379 e. The number of aliphatic hydroxyl groups is 1. The van der Waals surface area contributed by atoms with Gasteiger partial charge in [-0.2, -0.15) is 0 Å². The maximum Gasteiger partial charge on any atom is 0.250 e. The highest BCUT2D eigenvalue weighted by Crippen LogP contribution is 2.22. The van der Waals surface area contributed by atoms with Crippen LogP contribution >= 0.6 is 0 Å². The first-order valence-corrected chi connectivity index (χ1v) is 5.99. The number of hydrogen-bond donors (Lipinski definition) is 2. The Kier molecular flexibility index (Phi) is 3.63. The molecule has 1 aliphatic rings. The Morgan fingerprint density at radius 2 is 2.11 bits per heavy atom. The van der Waals surface area contributed by atoms with Gasteiger partial charge in [0.15, 0.2) is 5.60 Å². The van der Waals surface area contributed by atoms with Crippen LogP contribution in [0.4, 0.5) is 4.39 Å². The molecule has 1 fully saturated rings. The Bertz CT molecular complexity index is 435. The summed E-state index contributed by atoms with van der Waals surface area (Å²) >= 11 is 0.